The summed E-state index contributed by atoms with van der Waals surface area (Å²) in [4.78, 5) is 23.0. The van der Waals surface area contributed by atoms with Gasteiger partial charge in [0.1, 0.15) is 23.4 Å². The third-order valence-electron chi connectivity index (χ3n) is 4.63. The van der Waals surface area contributed by atoms with Crippen LogP contribution in [-0.2, 0) is 11.2 Å². The summed E-state index contributed by atoms with van der Waals surface area (Å²) in [7, 11) is 6.79. The van der Waals surface area contributed by atoms with Gasteiger partial charge >= 0.3 is 0 Å². The summed E-state index contributed by atoms with van der Waals surface area (Å²) in [5.41, 5.74) is 3.49. The molecule has 0 bridgehead atoms. The largest absolute Gasteiger partial charge is 0.497 e. The first-order valence-corrected chi connectivity index (χ1v) is 9.94. The number of likely N-dealkylation sites (N-methyl/N-ethyl adjacent to an activating group) is 1. The van der Waals surface area contributed by atoms with Crippen LogP contribution in [0.3, 0.4) is 0 Å². The molecule has 8 nitrogen and oxygen atoms in total. The second-order valence-electron chi connectivity index (χ2n) is 7.42. The lowest BCUT2D eigenvalue weighted by Gasteiger charge is -2.13. The Morgan fingerprint density at radius 1 is 1.12 bits per heavy atom. The number of carbonyl (C=O) groups is 1. The van der Waals surface area contributed by atoms with Crippen LogP contribution in [0.25, 0.3) is 11.3 Å². The van der Waals surface area contributed by atoms with Crippen molar-refractivity contribution in [1.29, 1.82) is 5.26 Å². The zero-order valence-electron chi connectivity index (χ0n) is 18.5. The number of carbonyl (C=O) groups excluding carboxylic acids is 1. The summed E-state index contributed by atoms with van der Waals surface area (Å²) in [6.45, 7) is 0.282. The summed E-state index contributed by atoms with van der Waals surface area (Å²) in [5, 5.41) is 12.2. The van der Waals surface area contributed by atoms with Crippen LogP contribution in [-0.4, -0.2) is 55.6 Å². The standard InChI is InChI=1S/C24H25N5O3/c1-29(2)15-24(30)27-19-9-16(10-20(13-19)31-3)11-23-26-8-7-21(28-23)17-5-6-22(32-4)18(12-17)14-25/h5-10,12-13H,11,15H2,1-4H3,(H,27,30). The van der Waals surface area contributed by atoms with Crippen molar-refractivity contribution in [3.05, 3.63) is 65.6 Å². The van der Waals surface area contributed by atoms with Gasteiger partial charge in [-0.2, -0.15) is 5.26 Å². The van der Waals surface area contributed by atoms with Gasteiger partial charge in [0.25, 0.3) is 0 Å². The number of amides is 1. The molecule has 1 aromatic heterocycles. The highest BCUT2D eigenvalue weighted by molar-refractivity contribution is 5.92. The van der Waals surface area contributed by atoms with Gasteiger partial charge in [0.15, 0.2) is 0 Å². The minimum atomic E-state index is -0.111. The highest BCUT2D eigenvalue weighted by atomic mass is 16.5. The summed E-state index contributed by atoms with van der Waals surface area (Å²) in [6, 6.07) is 14.8. The number of rotatable bonds is 8. The van der Waals surface area contributed by atoms with Crippen molar-refractivity contribution in [3.63, 3.8) is 0 Å². The molecule has 2 aromatic carbocycles. The predicted molar refractivity (Wildman–Crippen MR) is 122 cm³/mol. The predicted octanol–water partition coefficient (Wildman–Crippen LogP) is 3.12. The molecule has 1 amide bonds. The molecule has 32 heavy (non-hydrogen) atoms. The first-order valence-electron chi connectivity index (χ1n) is 9.94. The summed E-state index contributed by atoms with van der Waals surface area (Å²) < 4.78 is 10.6. The summed E-state index contributed by atoms with van der Waals surface area (Å²) >= 11 is 0. The zero-order chi connectivity index (χ0) is 23.1. The molecule has 0 unspecified atom stereocenters. The van der Waals surface area contributed by atoms with E-state index >= 15 is 0 Å². The van der Waals surface area contributed by atoms with Gasteiger partial charge < -0.3 is 19.7 Å². The van der Waals surface area contributed by atoms with Crippen LogP contribution in [0.4, 0.5) is 5.69 Å². The zero-order valence-corrected chi connectivity index (χ0v) is 18.5. The molecule has 3 aromatic rings. The molecule has 0 radical (unpaired) electrons. The Morgan fingerprint density at radius 2 is 1.94 bits per heavy atom. The van der Waals surface area contributed by atoms with Crippen molar-refractivity contribution >= 4 is 11.6 Å². The van der Waals surface area contributed by atoms with Crippen LogP contribution in [0.1, 0.15) is 17.0 Å². The van der Waals surface area contributed by atoms with Crippen LogP contribution in [0, 0.1) is 11.3 Å². The Hall–Kier alpha value is -3.96. The SMILES string of the molecule is COc1cc(Cc2nccc(-c3ccc(OC)c(C#N)c3)n2)cc(NC(=O)CN(C)C)c1. The van der Waals surface area contributed by atoms with E-state index in [0.29, 0.717) is 40.7 Å². The van der Waals surface area contributed by atoms with Crippen molar-refractivity contribution in [1.82, 2.24) is 14.9 Å². The Balaban J connectivity index is 1.86. The van der Waals surface area contributed by atoms with Gasteiger partial charge in [0.05, 0.1) is 32.0 Å². The van der Waals surface area contributed by atoms with E-state index in [9.17, 15) is 10.1 Å². The smallest absolute Gasteiger partial charge is 0.238 e. The van der Waals surface area contributed by atoms with E-state index < -0.39 is 0 Å². The summed E-state index contributed by atoms with van der Waals surface area (Å²) in [6.07, 6.45) is 2.14. The molecule has 0 fully saturated rings. The number of hydrogen-bond acceptors (Lipinski definition) is 7. The van der Waals surface area contributed by atoms with Crippen molar-refractivity contribution in [2.75, 3.05) is 40.2 Å². The van der Waals surface area contributed by atoms with E-state index in [0.717, 1.165) is 11.1 Å². The number of anilines is 1. The van der Waals surface area contributed by atoms with Gasteiger partial charge in [-0.1, -0.05) is 0 Å². The van der Waals surface area contributed by atoms with Crippen LogP contribution in [0.5, 0.6) is 11.5 Å². The maximum atomic E-state index is 12.1. The maximum Gasteiger partial charge on any atom is 0.238 e. The summed E-state index contributed by atoms with van der Waals surface area (Å²) in [5.74, 6) is 1.65. The van der Waals surface area contributed by atoms with E-state index in [1.165, 1.54) is 7.11 Å². The molecule has 3 rings (SSSR count). The fourth-order valence-corrected chi connectivity index (χ4v) is 3.22. The normalized spacial score (nSPS) is 10.5. The molecule has 0 aliphatic rings. The lowest BCUT2D eigenvalue weighted by atomic mass is 10.1. The monoisotopic (exact) mass is 431 g/mol. The van der Waals surface area contributed by atoms with Crippen molar-refractivity contribution in [3.8, 4) is 28.8 Å². The van der Waals surface area contributed by atoms with Crippen LogP contribution < -0.4 is 14.8 Å². The molecule has 1 heterocycles. The first-order chi connectivity index (χ1) is 15.4. The molecular weight excluding hydrogens is 406 g/mol. The van der Waals surface area contributed by atoms with Gasteiger partial charge in [-0.05, 0) is 56.1 Å². The second-order valence-corrected chi connectivity index (χ2v) is 7.42. The van der Waals surface area contributed by atoms with E-state index in [-0.39, 0.29) is 12.5 Å². The fourth-order valence-electron chi connectivity index (χ4n) is 3.22. The molecule has 0 saturated carbocycles. The molecule has 1 N–H and O–H groups in total. The number of aromatic nitrogens is 2. The number of benzene rings is 2. The first kappa shape index (κ1) is 22.7. The highest BCUT2D eigenvalue weighted by Crippen LogP contribution is 2.26. The molecule has 0 saturated heterocycles. The quantitative estimate of drug-likeness (QED) is 0.585. The average molecular weight is 431 g/mol. The molecule has 0 spiro atoms. The Labute approximate surface area is 187 Å². The molecule has 0 aliphatic carbocycles. The fraction of sp³-hybridized carbons (Fsp3) is 0.250. The van der Waals surface area contributed by atoms with Crippen LogP contribution in [0.2, 0.25) is 0 Å². The number of nitrogens with zero attached hydrogens (tertiary/aromatic N) is 4. The Kier molecular flexibility index (Phi) is 7.37. The van der Waals surface area contributed by atoms with Gasteiger partial charge in [-0.25, -0.2) is 9.97 Å². The minimum Gasteiger partial charge on any atom is -0.497 e. The molecule has 8 heteroatoms. The van der Waals surface area contributed by atoms with E-state index in [4.69, 9.17) is 9.47 Å². The van der Waals surface area contributed by atoms with E-state index in [2.05, 4.69) is 21.4 Å². The average Bonchev–Trinajstić information content (AvgIpc) is 2.77. The van der Waals surface area contributed by atoms with Crippen LogP contribution >= 0.6 is 0 Å². The Morgan fingerprint density at radius 3 is 2.62 bits per heavy atom. The number of nitriles is 1. The van der Waals surface area contributed by atoms with Gasteiger partial charge in [-0.15, -0.1) is 0 Å². The lowest BCUT2D eigenvalue weighted by molar-refractivity contribution is -0.116. The number of ether oxygens (including phenoxy) is 2. The van der Waals surface area contributed by atoms with Crippen LogP contribution in [0.15, 0.2) is 48.7 Å². The van der Waals surface area contributed by atoms with Gasteiger partial charge in [-0.3, -0.25) is 4.79 Å². The number of nitrogens with one attached hydrogen (secondary N) is 1. The molecule has 0 atom stereocenters. The van der Waals surface area contributed by atoms with Gasteiger partial charge in [0, 0.05) is 29.9 Å². The Bertz CT molecular complexity index is 1150. The number of hydrogen-bond donors (Lipinski definition) is 1. The molecule has 164 valence electrons. The molecular formula is C24H25N5O3. The molecule has 0 aliphatic heterocycles. The third-order valence-corrected chi connectivity index (χ3v) is 4.63. The van der Waals surface area contributed by atoms with Crippen molar-refractivity contribution in [2.45, 2.75) is 6.42 Å². The van der Waals surface area contributed by atoms with E-state index in [1.54, 1.807) is 42.5 Å². The number of methoxy groups -OCH3 is 2. The van der Waals surface area contributed by atoms with Crippen molar-refractivity contribution < 1.29 is 14.3 Å². The second kappa shape index (κ2) is 10.4. The minimum absolute atomic E-state index is 0.111. The topological polar surface area (TPSA) is 100 Å². The van der Waals surface area contributed by atoms with Crippen molar-refractivity contribution in [2.24, 2.45) is 0 Å². The van der Waals surface area contributed by atoms with E-state index in [1.807, 2.05) is 32.3 Å². The third kappa shape index (κ3) is 5.80. The maximum absolute atomic E-state index is 12.1. The highest BCUT2D eigenvalue weighted by Gasteiger charge is 2.11. The van der Waals surface area contributed by atoms with Gasteiger partial charge in [0.2, 0.25) is 5.91 Å². The lowest BCUT2D eigenvalue weighted by Crippen LogP contribution is -2.27.